The van der Waals surface area contributed by atoms with Crippen LogP contribution in [0.5, 0.6) is 5.75 Å². The molecule has 2 heterocycles. The number of aromatic nitrogens is 1. The Morgan fingerprint density at radius 3 is 2.76 bits per heavy atom. The normalized spacial score (nSPS) is 16.6. The molecule has 1 fully saturated rings. The van der Waals surface area contributed by atoms with Crippen molar-refractivity contribution < 1.29 is 28.6 Å². The summed E-state index contributed by atoms with van der Waals surface area (Å²) in [5.74, 6) is -1.54. The number of methoxy groups -OCH3 is 1. The number of H-pyrrole nitrogens is 1. The molecule has 1 amide bonds. The molecule has 25 heavy (non-hydrogen) atoms. The highest BCUT2D eigenvalue weighted by atomic mass is 19.1. The van der Waals surface area contributed by atoms with E-state index in [0.29, 0.717) is 37.2 Å². The Labute approximate surface area is 143 Å². The summed E-state index contributed by atoms with van der Waals surface area (Å²) in [7, 11) is 1.46. The van der Waals surface area contributed by atoms with Gasteiger partial charge in [-0.1, -0.05) is 0 Å². The summed E-state index contributed by atoms with van der Waals surface area (Å²) in [6.45, 7) is 0.755. The van der Waals surface area contributed by atoms with Crippen molar-refractivity contribution in [2.45, 2.75) is 24.8 Å². The first-order valence-electron chi connectivity index (χ1n) is 7.91. The molecule has 3 N–H and O–H groups in total. The molecule has 0 bridgehead atoms. The number of hydrogen-bond acceptors (Lipinski definition) is 4. The fourth-order valence-corrected chi connectivity index (χ4v) is 3.17. The Morgan fingerprint density at radius 2 is 2.12 bits per heavy atom. The second-order valence-corrected chi connectivity index (χ2v) is 6.14. The number of hydrogen-bond donors (Lipinski definition) is 3. The first-order chi connectivity index (χ1) is 11.9. The standard InChI is InChI=1S/C17H19FN2O5/c1-24-13-3-2-11(18)15-10(13)8-12(19-15)16(23)20-17(9-14(21)22)4-6-25-7-5-17/h2-3,8,19H,4-7,9H2,1H3,(H,20,23)(H,21,22). The van der Waals surface area contributed by atoms with Crippen LogP contribution in [0.3, 0.4) is 0 Å². The lowest BCUT2D eigenvalue weighted by atomic mass is 9.86. The lowest BCUT2D eigenvalue weighted by Gasteiger charge is -2.36. The van der Waals surface area contributed by atoms with Crippen molar-refractivity contribution in [3.8, 4) is 5.75 Å². The minimum absolute atomic E-state index is 0.148. The lowest BCUT2D eigenvalue weighted by molar-refractivity contribution is -0.139. The second-order valence-electron chi connectivity index (χ2n) is 6.14. The van der Waals surface area contributed by atoms with Gasteiger partial charge in [-0.3, -0.25) is 9.59 Å². The summed E-state index contributed by atoms with van der Waals surface area (Å²) in [6, 6.07) is 4.24. The van der Waals surface area contributed by atoms with Gasteiger partial charge in [0.25, 0.3) is 5.91 Å². The monoisotopic (exact) mass is 350 g/mol. The van der Waals surface area contributed by atoms with Crippen molar-refractivity contribution in [3.63, 3.8) is 0 Å². The molecule has 1 aromatic heterocycles. The van der Waals surface area contributed by atoms with Gasteiger partial charge in [0.05, 0.1) is 24.6 Å². The molecular formula is C17H19FN2O5. The molecule has 0 aliphatic carbocycles. The van der Waals surface area contributed by atoms with Gasteiger partial charge < -0.3 is 24.9 Å². The Bertz CT molecular complexity index is 811. The zero-order chi connectivity index (χ0) is 18.0. The maximum absolute atomic E-state index is 14.0. The van der Waals surface area contributed by atoms with Crippen LogP contribution in [0.15, 0.2) is 18.2 Å². The van der Waals surface area contributed by atoms with E-state index in [2.05, 4.69) is 10.3 Å². The minimum Gasteiger partial charge on any atom is -0.496 e. The molecule has 3 rings (SSSR count). The van der Waals surface area contributed by atoms with Gasteiger partial charge in [-0.15, -0.1) is 0 Å². The van der Waals surface area contributed by atoms with Crippen LogP contribution < -0.4 is 10.1 Å². The van der Waals surface area contributed by atoms with Gasteiger partial charge >= 0.3 is 5.97 Å². The van der Waals surface area contributed by atoms with E-state index in [9.17, 15) is 14.0 Å². The molecule has 1 saturated heterocycles. The van der Waals surface area contributed by atoms with Crippen molar-refractivity contribution in [2.24, 2.45) is 0 Å². The van der Waals surface area contributed by atoms with E-state index in [1.807, 2.05) is 0 Å². The first-order valence-corrected chi connectivity index (χ1v) is 7.91. The first kappa shape index (κ1) is 17.2. The number of ether oxygens (including phenoxy) is 2. The third kappa shape index (κ3) is 3.43. The fraction of sp³-hybridized carbons (Fsp3) is 0.412. The quantitative estimate of drug-likeness (QED) is 0.766. The molecule has 0 radical (unpaired) electrons. The predicted octanol–water partition coefficient (Wildman–Crippen LogP) is 2.07. The number of aliphatic carboxylic acids is 1. The molecule has 1 aliphatic heterocycles. The molecule has 2 aromatic rings. The highest BCUT2D eigenvalue weighted by Gasteiger charge is 2.37. The molecule has 8 heteroatoms. The number of carboxylic acid groups (broad SMARTS) is 1. The number of benzene rings is 1. The topological polar surface area (TPSA) is 101 Å². The summed E-state index contributed by atoms with van der Waals surface area (Å²) < 4.78 is 24.4. The van der Waals surface area contributed by atoms with E-state index >= 15 is 0 Å². The summed E-state index contributed by atoms with van der Waals surface area (Å²) in [5, 5.41) is 12.4. The number of carbonyl (C=O) groups is 2. The molecule has 1 aromatic carbocycles. The van der Waals surface area contributed by atoms with Crippen molar-refractivity contribution in [3.05, 3.63) is 29.7 Å². The predicted molar refractivity (Wildman–Crippen MR) is 87.3 cm³/mol. The molecule has 0 saturated carbocycles. The molecule has 134 valence electrons. The fourth-order valence-electron chi connectivity index (χ4n) is 3.17. The number of nitrogens with one attached hydrogen (secondary N) is 2. The summed E-state index contributed by atoms with van der Waals surface area (Å²) in [6.07, 6.45) is 0.617. The molecule has 0 spiro atoms. The minimum atomic E-state index is -0.994. The average molecular weight is 350 g/mol. The van der Waals surface area contributed by atoms with Crippen LogP contribution in [0.2, 0.25) is 0 Å². The lowest BCUT2D eigenvalue weighted by Crippen LogP contribution is -2.53. The maximum Gasteiger partial charge on any atom is 0.305 e. The summed E-state index contributed by atoms with van der Waals surface area (Å²) in [5.41, 5.74) is -0.556. The number of fused-ring (bicyclic) bond motifs is 1. The number of rotatable bonds is 5. The Morgan fingerprint density at radius 1 is 1.40 bits per heavy atom. The van der Waals surface area contributed by atoms with Crippen LogP contribution >= 0.6 is 0 Å². The highest BCUT2D eigenvalue weighted by Crippen LogP contribution is 2.29. The van der Waals surface area contributed by atoms with Crippen molar-refractivity contribution in [1.82, 2.24) is 10.3 Å². The largest absolute Gasteiger partial charge is 0.496 e. The van der Waals surface area contributed by atoms with E-state index in [4.69, 9.17) is 14.6 Å². The Balaban J connectivity index is 1.90. The van der Waals surface area contributed by atoms with Crippen molar-refractivity contribution in [1.29, 1.82) is 0 Å². The van der Waals surface area contributed by atoms with Gasteiger partial charge in [0.2, 0.25) is 0 Å². The van der Waals surface area contributed by atoms with Crippen molar-refractivity contribution >= 4 is 22.8 Å². The number of carbonyl (C=O) groups excluding carboxylic acids is 1. The third-order valence-electron chi connectivity index (χ3n) is 4.49. The molecule has 0 unspecified atom stereocenters. The second kappa shape index (κ2) is 6.72. The highest BCUT2D eigenvalue weighted by molar-refractivity contribution is 6.00. The van der Waals surface area contributed by atoms with Crippen LogP contribution in [-0.2, 0) is 9.53 Å². The smallest absolute Gasteiger partial charge is 0.305 e. The van der Waals surface area contributed by atoms with Gasteiger partial charge in [0, 0.05) is 18.6 Å². The molecule has 1 aliphatic rings. The summed E-state index contributed by atoms with van der Waals surface area (Å²) in [4.78, 5) is 26.6. The van der Waals surface area contributed by atoms with E-state index in [0.717, 1.165) is 0 Å². The van der Waals surface area contributed by atoms with Gasteiger partial charge in [-0.05, 0) is 31.0 Å². The SMILES string of the molecule is COc1ccc(F)c2[nH]c(C(=O)NC3(CC(=O)O)CCOCC3)cc12. The molecule has 7 nitrogen and oxygen atoms in total. The van der Waals surface area contributed by atoms with Gasteiger partial charge in [-0.25, -0.2) is 4.39 Å². The van der Waals surface area contributed by atoms with Crippen LogP contribution in [0.4, 0.5) is 4.39 Å². The van der Waals surface area contributed by atoms with Crippen LogP contribution in [0, 0.1) is 5.82 Å². The van der Waals surface area contributed by atoms with Gasteiger partial charge in [0.1, 0.15) is 17.3 Å². The van der Waals surface area contributed by atoms with E-state index in [1.54, 1.807) is 0 Å². The van der Waals surface area contributed by atoms with Crippen LogP contribution in [0.1, 0.15) is 29.8 Å². The van der Waals surface area contributed by atoms with E-state index in [1.165, 1.54) is 25.3 Å². The zero-order valence-corrected chi connectivity index (χ0v) is 13.7. The van der Waals surface area contributed by atoms with E-state index in [-0.39, 0.29) is 17.6 Å². The average Bonchev–Trinajstić information content (AvgIpc) is 3.01. The zero-order valence-electron chi connectivity index (χ0n) is 13.7. The third-order valence-corrected chi connectivity index (χ3v) is 4.49. The van der Waals surface area contributed by atoms with E-state index < -0.39 is 23.2 Å². The Kier molecular flexibility index (Phi) is 4.63. The molecular weight excluding hydrogens is 331 g/mol. The number of aromatic amines is 1. The summed E-state index contributed by atoms with van der Waals surface area (Å²) >= 11 is 0. The van der Waals surface area contributed by atoms with Gasteiger partial charge in [-0.2, -0.15) is 0 Å². The number of halogens is 1. The van der Waals surface area contributed by atoms with Crippen molar-refractivity contribution in [2.75, 3.05) is 20.3 Å². The maximum atomic E-state index is 14.0. The van der Waals surface area contributed by atoms with Crippen LogP contribution in [0.25, 0.3) is 10.9 Å². The number of carboxylic acids is 1. The Hall–Kier alpha value is -2.61. The van der Waals surface area contributed by atoms with Gasteiger partial charge in [0.15, 0.2) is 0 Å². The van der Waals surface area contributed by atoms with Crippen LogP contribution in [-0.4, -0.2) is 47.8 Å². The number of amides is 1. The molecule has 0 atom stereocenters.